The highest BCUT2D eigenvalue weighted by Crippen LogP contribution is 2.39. The first-order valence-electron chi connectivity index (χ1n) is 6.24. The Morgan fingerprint density at radius 1 is 1.09 bits per heavy atom. The maximum Gasteiger partial charge on any atom is 0.251 e. The molecule has 22 heavy (non-hydrogen) atoms. The molecule has 0 aliphatic rings. The molecule has 0 fully saturated rings. The number of primary amides is 1. The van der Waals surface area contributed by atoms with Crippen molar-refractivity contribution in [3.8, 4) is 0 Å². The number of nitrogens with two attached hydrogens (primary N) is 1. The Labute approximate surface area is 140 Å². The Morgan fingerprint density at radius 3 is 2.36 bits per heavy atom. The van der Waals surface area contributed by atoms with Crippen molar-refractivity contribution < 1.29 is 4.79 Å². The molecule has 0 aliphatic carbocycles. The molecule has 7 heteroatoms. The molecule has 2 N–H and O–H groups in total. The van der Waals surface area contributed by atoms with E-state index in [1.54, 1.807) is 29.8 Å². The van der Waals surface area contributed by atoms with Gasteiger partial charge in [0.15, 0.2) is 5.43 Å². The fourth-order valence-electron chi connectivity index (χ4n) is 2.60. The topological polar surface area (TPSA) is 65.1 Å². The number of halogens is 3. The lowest BCUT2D eigenvalue weighted by molar-refractivity contribution is 0.100. The number of benzene rings is 2. The second kappa shape index (κ2) is 5.16. The lowest BCUT2D eigenvalue weighted by Crippen LogP contribution is -2.16. The summed E-state index contributed by atoms with van der Waals surface area (Å²) in [7, 11) is 1.74. The summed E-state index contributed by atoms with van der Waals surface area (Å²) in [4.78, 5) is 24.3. The van der Waals surface area contributed by atoms with Crippen LogP contribution in [0.1, 0.15) is 10.4 Å². The molecule has 0 aliphatic heterocycles. The lowest BCUT2D eigenvalue weighted by Gasteiger charge is -2.15. The first kappa shape index (κ1) is 15.2. The number of nitrogens with zero attached hydrogens (tertiary/aromatic N) is 1. The zero-order chi connectivity index (χ0) is 16.2. The number of hydrogen-bond acceptors (Lipinski definition) is 2. The number of aryl methyl sites for hydroxylation is 1. The molecule has 4 nitrogen and oxygen atoms in total. The van der Waals surface area contributed by atoms with Crippen LogP contribution in [0.2, 0.25) is 15.1 Å². The predicted octanol–water partition coefficient (Wildman–Crippen LogP) is 3.75. The second-order valence-corrected chi connectivity index (χ2v) is 5.94. The largest absolute Gasteiger partial charge is 0.366 e. The molecule has 0 spiro atoms. The smallest absolute Gasteiger partial charge is 0.251 e. The number of rotatable bonds is 1. The van der Waals surface area contributed by atoms with Gasteiger partial charge in [-0.15, -0.1) is 0 Å². The van der Waals surface area contributed by atoms with E-state index in [1.165, 1.54) is 0 Å². The van der Waals surface area contributed by atoms with Crippen LogP contribution in [0.3, 0.4) is 0 Å². The Morgan fingerprint density at radius 2 is 1.73 bits per heavy atom. The molecule has 1 aromatic heterocycles. The van der Waals surface area contributed by atoms with Crippen LogP contribution in [0.25, 0.3) is 21.8 Å². The Kier molecular flexibility index (Phi) is 3.56. The number of fused-ring (bicyclic) bond motifs is 2. The van der Waals surface area contributed by atoms with E-state index in [0.29, 0.717) is 16.4 Å². The lowest BCUT2D eigenvalue weighted by atomic mass is 10.1. The molecule has 0 saturated heterocycles. The number of amides is 1. The monoisotopic (exact) mass is 354 g/mol. The highest BCUT2D eigenvalue weighted by Gasteiger charge is 2.24. The maximum absolute atomic E-state index is 12.7. The van der Waals surface area contributed by atoms with Gasteiger partial charge in [0.05, 0.1) is 37.1 Å². The van der Waals surface area contributed by atoms with Crippen molar-refractivity contribution in [3.05, 3.63) is 55.1 Å². The van der Waals surface area contributed by atoms with E-state index in [4.69, 9.17) is 40.5 Å². The molecular formula is C15H9Cl3N2O2. The number of carbonyl (C=O) groups is 1. The average molecular weight is 356 g/mol. The van der Waals surface area contributed by atoms with Crippen molar-refractivity contribution in [2.75, 3.05) is 0 Å². The van der Waals surface area contributed by atoms with Gasteiger partial charge in [-0.1, -0.05) is 46.9 Å². The van der Waals surface area contributed by atoms with Crippen LogP contribution in [-0.2, 0) is 7.05 Å². The fraction of sp³-hybridized carbons (Fsp3) is 0.0667. The molecule has 0 saturated carbocycles. The number of pyridine rings is 1. The van der Waals surface area contributed by atoms with Crippen LogP contribution in [0.15, 0.2) is 29.1 Å². The van der Waals surface area contributed by atoms with E-state index in [1.807, 2.05) is 6.07 Å². The zero-order valence-corrected chi connectivity index (χ0v) is 13.6. The first-order valence-corrected chi connectivity index (χ1v) is 7.37. The van der Waals surface area contributed by atoms with Crippen LogP contribution in [0.4, 0.5) is 0 Å². The van der Waals surface area contributed by atoms with E-state index in [0.717, 1.165) is 0 Å². The van der Waals surface area contributed by atoms with E-state index in [9.17, 15) is 9.59 Å². The minimum absolute atomic E-state index is 0.0584. The summed E-state index contributed by atoms with van der Waals surface area (Å²) in [6.45, 7) is 0. The summed E-state index contributed by atoms with van der Waals surface area (Å²) >= 11 is 18.6. The molecule has 1 amide bonds. The van der Waals surface area contributed by atoms with Gasteiger partial charge in [-0.05, 0) is 12.1 Å². The summed E-state index contributed by atoms with van der Waals surface area (Å²) in [5.41, 5.74) is 5.88. The van der Waals surface area contributed by atoms with E-state index in [2.05, 4.69) is 0 Å². The van der Waals surface area contributed by atoms with Crippen molar-refractivity contribution in [1.29, 1.82) is 0 Å². The second-order valence-electron chi connectivity index (χ2n) is 4.81. The Hall–Kier alpha value is -1.75. The number of aromatic nitrogens is 1. The van der Waals surface area contributed by atoms with Crippen molar-refractivity contribution >= 4 is 62.5 Å². The molecule has 0 radical (unpaired) electrons. The molecule has 2 aromatic carbocycles. The number of para-hydroxylation sites is 1. The van der Waals surface area contributed by atoms with Crippen molar-refractivity contribution in [1.82, 2.24) is 4.57 Å². The van der Waals surface area contributed by atoms with Crippen LogP contribution < -0.4 is 11.2 Å². The van der Waals surface area contributed by atoms with Crippen molar-refractivity contribution in [2.24, 2.45) is 12.8 Å². The summed E-state index contributed by atoms with van der Waals surface area (Å²) in [5.74, 6) is -0.839. The third-order valence-corrected chi connectivity index (χ3v) is 4.84. The summed E-state index contributed by atoms with van der Waals surface area (Å²) in [6, 6.07) is 7.02. The molecular weight excluding hydrogens is 347 g/mol. The molecule has 0 unspecified atom stereocenters. The Bertz CT molecular complexity index is 1030. The van der Waals surface area contributed by atoms with E-state index < -0.39 is 5.91 Å². The fourth-order valence-corrected chi connectivity index (χ4v) is 3.60. The van der Waals surface area contributed by atoms with Crippen molar-refractivity contribution in [3.63, 3.8) is 0 Å². The van der Waals surface area contributed by atoms with Gasteiger partial charge in [0, 0.05) is 12.4 Å². The van der Waals surface area contributed by atoms with Gasteiger partial charge in [-0.3, -0.25) is 9.59 Å². The predicted molar refractivity (Wildman–Crippen MR) is 90.2 cm³/mol. The summed E-state index contributed by atoms with van der Waals surface area (Å²) in [6.07, 6.45) is 0. The normalized spacial score (nSPS) is 11.3. The molecule has 0 atom stereocenters. The molecule has 3 aromatic rings. The van der Waals surface area contributed by atoms with Crippen LogP contribution in [-0.4, -0.2) is 10.5 Å². The zero-order valence-electron chi connectivity index (χ0n) is 11.3. The third kappa shape index (κ3) is 1.92. The maximum atomic E-state index is 12.7. The average Bonchev–Trinajstić information content (AvgIpc) is 2.48. The van der Waals surface area contributed by atoms with Crippen LogP contribution in [0.5, 0.6) is 0 Å². The highest BCUT2D eigenvalue weighted by molar-refractivity contribution is 6.50. The van der Waals surface area contributed by atoms with Gasteiger partial charge >= 0.3 is 0 Å². The molecule has 1 heterocycles. The van der Waals surface area contributed by atoms with Gasteiger partial charge in [0.2, 0.25) is 0 Å². The minimum atomic E-state index is -0.839. The SMILES string of the molecule is Cn1c2ccccc2c(=O)c2c(Cl)c(C(N)=O)c(Cl)c(Cl)c21. The molecule has 0 bridgehead atoms. The minimum Gasteiger partial charge on any atom is -0.366 e. The van der Waals surface area contributed by atoms with E-state index >= 15 is 0 Å². The van der Waals surface area contributed by atoms with Gasteiger partial charge < -0.3 is 10.3 Å². The molecule has 3 rings (SSSR count). The van der Waals surface area contributed by atoms with Gasteiger partial charge in [0.25, 0.3) is 5.91 Å². The summed E-state index contributed by atoms with van der Waals surface area (Å²) < 4.78 is 1.72. The highest BCUT2D eigenvalue weighted by atomic mass is 35.5. The van der Waals surface area contributed by atoms with E-state index in [-0.39, 0.29) is 31.4 Å². The Balaban J connectivity index is 2.75. The number of carbonyl (C=O) groups excluding carboxylic acids is 1. The molecule has 112 valence electrons. The van der Waals surface area contributed by atoms with Gasteiger partial charge in [-0.25, -0.2) is 0 Å². The first-order chi connectivity index (χ1) is 10.4. The quantitative estimate of drug-likeness (QED) is 0.533. The van der Waals surface area contributed by atoms with Gasteiger partial charge in [-0.2, -0.15) is 0 Å². The standard InChI is InChI=1S/C15H9Cl3N2O2/c1-20-7-5-3-2-4-6(7)14(21)9-10(16)8(15(19)22)11(17)12(18)13(9)20/h2-5H,1H3,(H2,19,22). The number of hydrogen-bond donors (Lipinski definition) is 1. The third-order valence-electron chi connectivity index (χ3n) is 3.61. The van der Waals surface area contributed by atoms with Crippen molar-refractivity contribution in [2.45, 2.75) is 0 Å². The summed E-state index contributed by atoms with van der Waals surface area (Å²) in [5, 5.41) is 0.527. The van der Waals surface area contributed by atoms with Gasteiger partial charge in [0.1, 0.15) is 0 Å². The van der Waals surface area contributed by atoms with Crippen LogP contribution in [0, 0.1) is 0 Å². The van der Waals surface area contributed by atoms with Crippen LogP contribution >= 0.6 is 34.8 Å².